The Morgan fingerprint density at radius 3 is 2.02 bits per heavy atom. The number of hydrogen-bond donors (Lipinski definition) is 4. The van der Waals surface area contributed by atoms with Crippen molar-refractivity contribution < 1.29 is 60.3 Å². The standard InChI is InChI=1S/C21H16O8.C8H10AsNO5/c1-10(22)28-15-5-3-4-13-18(15)21(27)19-14(20(13)26)8-12(6-7-17(24)25)9-16(19)29-11(2)23;1-6(11)10-8-5-3-2-4-7(8)9(12,13)15-14/h3-5,8-9H,6-7H2,1-2H3,(H,24,25);2-5,14H,1H3,(H,10,11)(H,12,13). The van der Waals surface area contributed by atoms with E-state index in [9.17, 15) is 36.6 Å². The minimum absolute atomic E-state index is 0.00149. The summed E-state index contributed by atoms with van der Waals surface area (Å²) in [6.45, 7) is 3.58. The number of aliphatic carboxylic acids is 1. The molecule has 4 N–H and O–H groups in total. The maximum absolute atomic E-state index is 13.2. The van der Waals surface area contributed by atoms with E-state index in [0.717, 1.165) is 6.92 Å². The van der Waals surface area contributed by atoms with Crippen LogP contribution in [0.3, 0.4) is 0 Å². The molecule has 14 nitrogen and oxygen atoms in total. The van der Waals surface area contributed by atoms with E-state index in [1.165, 1.54) is 62.4 Å². The van der Waals surface area contributed by atoms with Crippen molar-refractivity contribution in [2.75, 3.05) is 5.32 Å². The third kappa shape index (κ3) is 7.93. The van der Waals surface area contributed by atoms with Crippen LogP contribution in [0.25, 0.3) is 0 Å². The van der Waals surface area contributed by atoms with Gasteiger partial charge in [-0.1, -0.05) is 12.1 Å². The Morgan fingerprint density at radius 1 is 0.818 bits per heavy atom. The van der Waals surface area contributed by atoms with Crippen molar-refractivity contribution in [3.8, 4) is 11.5 Å². The molecule has 0 aromatic heterocycles. The van der Waals surface area contributed by atoms with E-state index in [0.29, 0.717) is 5.56 Å². The Bertz CT molecular complexity index is 1730. The number of fused-ring (bicyclic) bond motifs is 2. The normalized spacial score (nSPS) is 12.8. The Hall–Kier alpha value is -4.88. The van der Waals surface area contributed by atoms with Gasteiger partial charge in [0.05, 0.1) is 11.1 Å². The SMILES string of the molecule is CC(=O)Nc1ccccc1[As](=O)(O)OO.CC(=O)Oc1cccc2c1C(=O)c1c(OC(C)=O)cc(CCC(=O)O)cc1C2=O. The number of carbonyl (C=O) groups is 6. The molecule has 1 atom stereocenters. The summed E-state index contributed by atoms with van der Waals surface area (Å²) in [7, 11) is 0. The van der Waals surface area contributed by atoms with E-state index in [1.54, 1.807) is 6.07 Å². The van der Waals surface area contributed by atoms with Gasteiger partial charge in [0.25, 0.3) is 0 Å². The number of rotatable bonds is 8. The third-order valence-corrected chi connectivity index (χ3v) is 8.46. The summed E-state index contributed by atoms with van der Waals surface area (Å²) >= 11 is -4.92. The monoisotopic (exact) mass is 671 g/mol. The first kappa shape index (κ1) is 33.6. The maximum atomic E-state index is 13.2. The van der Waals surface area contributed by atoms with Crippen molar-refractivity contribution >= 4 is 59.6 Å². The number of anilines is 1. The number of esters is 2. The zero-order valence-corrected chi connectivity index (χ0v) is 25.4. The van der Waals surface area contributed by atoms with E-state index in [2.05, 4.69) is 9.19 Å². The molecular formula is C29H26AsNO13. The molecule has 1 aliphatic carbocycles. The van der Waals surface area contributed by atoms with Crippen molar-refractivity contribution in [2.24, 2.45) is 0 Å². The number of nitrogens with one attached hydrogen (secondary N) is 1. The van der Waals surface area contributed by atoms with Gasteiger partial charge < -0.3 is 14.6 Å². The number of carboxylic acids is 1. The van der Waals surface area contributed by atoms with Crippen molar-refractivity contribution in [3.05, 3.63) is 82.4 Å². The molecule has 4 rings (SSSR count). The number of amides is 1. The Labute approximate surface area is 252 Å². The molecule has 0 saturated carbocycles. The second kappa shape index (κ2) is 14.1. The first-order chi connectivity index (χ1) is 20.7. The molecule has 0 radical (unpaired) electrons. The van der Waals surface area contributed by atoms with Gasteiger partial charge in [-0.3, -0.25) is 24.0 Å². The summed E-state index contributed by atoms with van der Waals surface area (Å²) in [6.07, 6.45) is -0.119. The van der Waals surface area contributed by atoms with E-state index >= 15 is 0 Å². The molecule has 3 aromatic carbocycles. The van der Waals surface area contributed by atoms with Crippen LogP contribution in [0.4, 0.5) is 5.69 Å². The number of ether oxygens (including phenoxy) is 2. The van der Waals surface area contributed by atoms with E-state index in [4.69, 9.17) is 19.8 Å². The minimum Gasteiger partial charge on any atom is -0.481 e. The van der Waals surface area contributed by atoms with Crippen LogP contribution in [0.1, 0.15) is 64.6 Å². The number of hydrogen-bond acceptors (Lipinski definition) is 11. The van der Waals surface area contributed by atoms with Gasteiger partial charge in [0.2, 0.25) is 5.78 Å². The van der Waals surface area contributed by atoms with Crippen LogP contribution in [0.5, 0.6) is 11.5 Å². The van der Waals surface area contributed by atoms with Gasteiger partial charge in [0, 0.05) is 31.4 Å². The van der Waals surface area contributed by atoms with Crippen LogP contribution in [0.15, 0.2) is 54.6 Å². The summed E-state index contributed by atoms with van der Waals surface area (Å²) in [6, 6.07) is 12.9. The Kier molecular flexibility index (Phi) is 10.7. The van der Waals surface area contributed by atoms with Gasteiger partial charge in [0.1, 0.15) is 11.5 Å². The second-order valence-corrected chi connectivity index (χ2v) is 12.8. The molecule has 0 fully saturated rings. The summed E-state index contributed by atoms with van der Waals surface area (Å²) in [5, 5.41) is 19.6. The number of para-hydroxylation sites is 1. The summed E-state index contributed by atoms with van der Waals surface area (Å²) in [4.78, 5) is 70.9. The van der Waals surface area contributed by atoms with Crippen LogP contribution in [-0.4, -0.2) is 64.0 Å². The summed E-state index contributed by atoms with van der Waals surface area (Å²) in [5.41, 5.74) is 0.419. The van der Waals surface area contributed by atoms with Gasteiger partial charge in [-0.2, -0.15) is 0 Å². The Morgan fingerprint density at radius 2 is 1.43 bits per heavy atom. The van der Waals surface area contributed by atoms with Crippen molar-refractivity contribution in [1.82, 2.24) is 0 Å². The van der Waals surface area contributed by atoms with Gasteiger partial charge in [0.15, 0.2) is 5.78 Å². The topological polar surface area (TPSA) is 220 Å². The minimum atomic E-state index is -4.92. The van der Waals surface area contributed by atoms with Crippen molar-refractivity contribution in [2.45, 2.75) is 33.6 Å². The van der Waals surface area contributed by atoms with Crippen LogP contribution in [0, 0.1) is 0 Å². The first-order valence-corrected chi connectivity index (χ1v) is 16.0. The second-order valence-electron chi connectivity index (χ2n) is 9.23. The van der Waals surface area contributed by atoms with Crippen molar-refractivity contribution in [3.63, 3.8) is 0 Å². The maximum Gasteiger partial charge on any atom is 0.308 e. The largest absolute Gasteiger partial charge is 0.481 e. The van der Waals surface area contributed by atoms with Gasteiger partial charge in [-0.25, -0.2) is 0 Å². The quantitative estimate of drug-likeness (QED) is 0.0694. The molecule has 1 unspecified atom stereocenters. The molecule has 44 heavy (non-hydrogen) atoms. The molecule has 1 aliphatic rings. The van der Waals surface area contributed by atoms with E-state index in [1.807, 2.05) is 0 Å². The molecule has 0 aliphatic heterocycles. The number of benzene rings is 3. The number of ketones is 2. The molecule has 0 bridgehead atoms. The van der Waals surface area contributed by atoms with E-state index in [-0.39, 0.29) is 62.5 Å². The predicted octanol–water partition coefficient (Wildman–Crippen LogP) is 2.03. The molecule has 230 valence electrons. The third-order valence-electron chi connectivity index (χ3n) is 5.90. The molecule has 1 amide bonds. The number of carboxylic acid groups (broad SMARTS) is 1. The molecule has 0 heterocycles. The average Bonchev–Trinajstić information content (AvgIpc) is 2.94. The molecule has 15 heteroatoms. The van der Waals surface area contributed by atoms with Crippen molar-refractivity contribution in [1.29, 1.82) is 0 Å². The predicted molar refractivity (Wildman–Crippen MR) is 151 cm³/mol. The van der Waals surface area contributed by atoms with Crippen LogP contribution < -0.4 is 19.1 Å². The average molecular weight is 671 g/mol. The fourth-order valence-corrected chi connectivity index (χ4v) is 5.91. The smallest absolute Gasteiger partial charge is 0.308 e. The van der Waals surface area contributed by atoms with Crippen LogP contribution in [-0.2, 0) is 33.2 Å². The van der Waals surface area contributed by atoms with Gasteiger partial charge in [-0.05, 0) is 30.2 Å². The first-order valence-electron chi connectivity index (χ1n) is 12.7. The fraction of sp³-hybridized carbons (Fsp3) is 0.172. The van der Waals surface area contributed by atoms with E-state index < -0.39 is 43.6 Å². The summed E-state index contributed by atoms with van der Waals surface area (Å²) < 4.78 is 34.3. The fourth-order valence-electron chi connectivity index (χ4n) is 4.24. The molecule has 0 saturated heterocycles. The van der Waals surface area contributed by atoms with Crippen LogP contribution in [0.2, 0.25) is 0 Å². The number of aryl methyl sites for hydroxylation is 1. The summed E-state index contributed by atoms with van der Waals surface area (Å²) in [5.74, 6) is -4.14. The van der Waals surface area contributed by atoms with Gasteiger partial charge >= 0.3 is 106 Å². The molecule has 0 spiro atoms. The van der Waals surface area contributed by atoms with Crippen LogP contribution >= 0.6 is 0 Å². The molecular weight excluding hydrogens is 645 g/mol. The zero-order chi connectivity index (χ0) is 32.8. The zero-order valence-electron chi connectivity index (χ0n) is 23.5. The van der Waals surface area contributed by atoms with Gasteiger partial charge in [-0.15, -0.1) is 0 Å². The number of carbonyl (C=O) groups excluding carboxylic acids is 5. The molecule has 3 aromatic rings. The Balaban J connectivity index is 0.000000297.